The predicted molar refractivity (Wildman–Crippen MR) is 70.0 cm³/mol. The molecule has 1 heteroatoms. The average Bonchev–Trinajstić information content (AvgIpc) is 2.87. The van der Waals surface area contributed by atoms with Crippen LogP contribution >= 0.6 is 0 Å². The van der Waals surface area contributed by atoms with E-state index in [2.05, 4.69) is 43.3 Å². The van der Waals surface area contributed by atoms with Crippen LogP contribution in [0.4, 0.5) is 0 Å². The van der Waals surface area contributed by atoms with Crippen LogP contribution in [0.25, 0.3) is 0 Å². The van der Waals surface area contributed by atoms with E-state index in [4.69, 9.17) is 4.74 Å². The summed E-state index contributed by atoms with van der Waals surface area (Å²) in [5.41, 5.74) is 2.87. The second-order valence-electron chi connectivity index (χ2n) is 5.44. The Bertz CT molecular complexity index is 433. The SMILES string of the molecule is COC1(Cc2ccccc2C)[C@@H]2C=C[C@H]1CC2. The van der Waals surface area contributed by atoms with Gasteiger partial charge in [0, 0.05) is 25.4 Å². The van der Waals surface area contributed by atoms with Crippen molar-refractivity contribution in [3.8, 4) is 0 Å². The molecule has 1 unspecified atom stereocenters. The summed E-state index contributed by atoms with van der Waals surface area (Å²) in [5, 5.41) is 0. The van der Waals surface area contributed by atoms with E-state index in [0.29, 0.717) is 11.8 Å². The van der Waals surface area contributed by atoms with E-state index < -0.39 is 0 Å². The minimum Gasteiger partial charge on any atom is -0.377 e. The van der Waals surface area contributed by atoms with Gasteiger partial charge < -0.3 is 4.74 Å². The van der Waals surface area contributed by atoms with Crippen molar-refractivity contribution in [1.29, 1.82) is 0 Å². The zero-order valence-corrected chi connectivity index (χ0v) is 10.6. The molecular formula is C16H20O. The highest BCUT2D eigenvalue weighted by molar-refractivity contribution is 5.31. The lowest BCUT2D eigenvalue weighted by Crippen LogP contribution is -2.40. The van der Waals surface area contributed by atoms with Crippen LogP contribution < -0.4 is 0 Å². The number of methoxy groups -OCH3 is 1. The van der Waals surface area contributed by atoms with Crippen molar-refractivity contribution in [2.24, 2.45) is 11.8 Å². The lowest BCUT2D eigenvalue weighted by molar-refractivity contribution is -0.0412. The summed E-state index contributed by atoms with van der Waals surface area (Å²) in [6.07, 6.45) is 8.38. The molecule has 1 saturated carbocycles. The van der Waals surface area contributed by atoms with Gasteiger partial charge >= 0.3 is 0 Å². The summed E-state index contributed by atoms with van der Waals surface area (Å²) in [7, 11) is 1.89. The normalized spacial score (nSPS) is 34.5. The number of rotatable bonds is 3. The topological polar surface area (TPSA) is 9.23 Å². The molecule has 0 saturated heterocycles. The molecule has 17 heavy (non-hydrogen) atoms. The molecule has 2 aliphatic carbocycles. The summed E-state index contributed by atoms with van der Waals surface area (Å²) in [4.78, 5) is 0. The van der Waals surface area contributed by atoms with E-state index in [1.54, 1.807) is 0 Å². The lowest BCUT2D eigenvalue weighted by Gasteiger charge is -2.34. The first kappa shape index (κ1) is 11.0. The number of hydrogen-bond donors (Lipinski definition) is 0. The molecule has 0 spiro atoms. The van der Waals surface area contributed by atoms with Gasteiger partial charge in [0.25, 0.3) is 0 Å². The van der Waals surface area contributed by atoms with Crippen LogP contribution in [-0.2, 0) is 11.2 Å². The van der Waals surface area contributed by atoms with Crippen molar-refractivity contribution in [3.63, 3.8) is 0 Å². The molecule has 1 fully saturated rings. The Morgan fingerprint density at radius 2 is 1.82 bits per heavy atom. The van der Waals surface area contributed by atoms with Gasteiger partial charge in [-0.3, -0.25) is 0 Å². The van der Waals surface area contributed by atoms with Gasteiger partial charge in [0.2, 0.25) is 0 Å². The number of fused-ring (bicyclic) bond motifs is 2. The Balaban J connectivity index is 1.92. The summed E-state index contributed by atoms with van der Waals surface area (Å²) in [6.45, 7) is 2.20. The molecule has 0 aliphatic heterocycles. The Hall–Kier alpha value is -1.08. The van der Waals surface area contributed by atoms with Crippen molar-refractivity contribution in [2.45, 2.75) is 31.8 Å². The van der Waals surface area contributed by atoms with Crippen molar-refractivity contribution < 1.29 is 4.74 Å². The lowest BCUT2D eigenvalue weighted by atomic mass is 9.82. The van der Waals surface area contributed by atoms with Crippen molar-refractivity contribution in [1.82, 2.24) is 0 Å². The van der Waals surface area contributed by atoms with Gasteiger partial charge in [-0.2, -0.15) is 0 Å². The van der Waals surface area contributed by atoms with Gasteiger partial charge in [0.05, 0.1) is 5.60 Å². The van der Waals surface area contributed by atoms with Crippen LogP contribution in [0, 0.1) is 18.8 Å². The van der Waals surface area contributed by atoms with Gasteiger partial charge in [0.15, 0.2) is 0 Å². The fourth-order valence-electron chi connectivity index (χ4n) is 3.65. The van der Waals surface area contributed by atoms with E-state index in [-0.39, 0.29) is 5.60 Å². The van der Waals surface area contributed by atoms with Crippen LogP contribution in [-0.4, -0.2) is 12.7 Å². The maximum Gasteiger partial charge on any atom is 0.0843 e. The van der Waals surface area contributed by atoms with E-state index in [1.165, 1.54) is 24.0 Å². The van der Waals surface area contributed by atoms with Gasteiger partial charge in [-0.25, -0.2) is 0 Å². The standard InChI is InChI=1S/C16H20O/c1-12-5-3-4-6-13(12)11-16(17-2)14-7-8-15(16)10-9-14/h3-8,14-15H,9-11H2,1-2H3/t14-,15+,16?. The van der Waals surface area contributed by atoms with E-state index in [9.17, 15) is 0 Å². The predicted octanol–water partition coefficient (Wildman–Crippen LogP) is 3.52. The quantitative estimate of drug-likeness (QED) is 0.719. The van der Waals surface area contributed by atoms with Gasteiger partial charge in [-0.15, -0.1) is 0 Å². The monoisotopic (exact) mass is 228 g/mol. The summed E-state index contributed by atoms with van der Waals surface area (Å²) in [5.74, 6) is 1.24. The smallest absolute Gasteiger partial charge is 0.0843 e. The van der Waals surface area contributed by atoms with E-state index in [0.717, 1.165) is 6.42 Å². The van der Waals surface area contributed by atoms with Crippen LogP contribution in [0.1, 0.15) is 24.0 Å². The molecule has 0 radical (unpaired) electrons. The zero-order chi connectivity index (χ0) is 11.9. The molecule has 1 aromatic carbocycles. The molecule has 2 bridgehead atoms. The second-order valence-corrected chi connectivity index (χ2v) is 5.44. The maximum atomic E-state index is 5.98. The number of aryl methyl sites for hydroxylation is 1. The third kappa shape index (κ3) is 1.56. The first-order valence-electron chi connectivity index (χ1n) is 6.54. The Morgan fingerprint density at radius 3 is 2.35 bits per heavy atom. The first-order valence-corrected chi connectivity index (χ1v) is 6.54. The molecular weight excluding hydrogens is 208 g/mol. The van der Waals surface area contributed by atoms with Crippen LogP contribution in [0.3, 0.4) is 0 Å². The van der Waals surface area contributed by atoms with Crippen molar-refractivity contribution in [3.05, 3.63) is 47.5 Å². The number of hydrogen-bond acceptors (Lipinski definition) is 1. The first-order chi connectivity index (χ1) is 8.26. The molecule has 0 amide bonds. The van der Waals surface area contributed by atoms with Crippen LogP contribution in [0.5, 0.6) is 0 Å². The van der Waals surface area contributed by atoms with Crippen molar-refractivity contribution in [2.75, 3.05) is 7.11 Å². The molecule has 90 valence electrons. The van der Waals surface area contributed by atoms with E-state index in [1.807, 2.05) is 7.11 Å². The van der Waals surface area contributed by atoms with Gasteiger partial charge in [-0.1, -0.05) is 36.4 Å². The fraction of sp³-hybridized carbons (Fsp3) is 0.500. The highest BCUT2D eigenvalue weighted by atomic mass is 16.5. The highest BCUT2D eigenvalue weighted by Crippen LogP contribution is 2.51. The van der Waals surface area contributed by atoms with Crippen LogP contribution in [0.15, 0.2) is 36.4 Å². The molecule has 3 atom stereocenters. The van der Waals surface area contributed by atoms with Gasteiger partial charge in [-0.05, 0) is 30.9 Å². The summed E-state index contributed by atoms with van der Waals surface area (Å²) in [6, 6.07) is 8.69. The molecule has 0 aromatic heterocycles. The number of benzene rings is 1. The van der Waals surface area contributed by atoms with E-state index >= 15 is 0 Å². The zero-order valence-electron chi connectivity index (χ0n) is 10.6. The summed E-state index contributed by atoms with van der Waals surface area (Å²) >= 11 is 0. The molecule has 3 rings (SSSR count). The molecule has 1 aromatic rings. The van der Waals surface area contributed by atoms with Crippen molar-refractivity contribution >= 4 is 0 Å². The second kappa shape index (κ2) is 3.99. The Morgan fingerprint density at radius 1 is 1.18 bits per heavy atom. The third-order valence-corrected chi connectivity index (χ3v) is 4.73. The molecule has 0 heterocycles. The maximum absolute atomic E-state index is 5.98. The number of ether oxygens (including phenoxy) is 1. The summed E-state index contributed by atoms with van der Waals surface area (Å²) < 4.78 is 5.98. The van der Waals surface area contributed by atoms with Gasteiger partial charge in [0.1, 0.15) is 0 Å². The minimum atomic E-state index is 0.0477. The minimum absolute atomic E-state index is 0.0477. The largest absolute Gasteiger partial charge is 0.377 e. The Kier molecular flexibility index (Phi) is 2.59. The average molecular weight is 228 g/mol. The third-order valence-electron chi connectivity index (χ3n) is 4.73. The highest BCUT2D eigenvalue weighted by Gasteiger charge is 2.51. The molecule has 1 nitrogen and oxygen atoms in total. The van der Waals surface area contributed by atoms with Crippen LogP contribution in [0.2, 0.25) is 0 Å². The fourth-order valence-corrected chi connectivity index (χ4v) is 3.65. The Labute approximate surface area is 103 Å². The molecule has 0 N–H and O–H groups in total. The molecule has 2 aliphatic rings.